The summed E-state index contributed by atoms with van der Waals surface area (Å²) < 4.78 is 7.56. The van der Waals surface area contributed by atoms with E-state index in [9.17, 15) is 9.59 Å². The van der Waals surface area contributed by atoms with Crippen molar-refractivity contribution < 1.29 is 14.0 Å². The van der Waals surface area contributed by atoms with Crippen LogP contribution in [0, 0.1) is 0 Å². The van der Waals surface area contributed by atoms with Crippen LogP contribution in [0.5, 0.6) is 0 Å². The van der Waals surface area contributed by atoms with Gasteiger partial charge < -0.3 is 19.2 Å². The second-order valence-corrected chi connectivity index (χ2v) is 9.44. The molecular formula is C27H31N3O3. The van der Waals surface area contributed by atoms with Gasteiger partial charge in [0.25, 0.3) is 5.91 Å². The lowest BCUT2D eigenvalue weighted by Crippen LogP contribution is -2.65. The first-order valence-electron chi connectivity index (χ1n) is 12.0. The van der Waals surface area contributed by atoms with Crippen LogP contribution in [0.2, 0.25) is 0 Å². The number of aromatic nitrogens is 1. The lowest BCUT2D eigenvalue weighted by molar-refractivity contribution is -0.133. The van der Waals surface area contributed by atoms with E-state index < -0.39 is 5.54 Å². The van der Waals surface area contributed by atoms with Gasteiger partial charge in [0.2, 0.25) is 5.91 Å². The van der Waals surface area contributed by atoms with Gasteiger partial charge in [-0.25, -0.2) is 0 Å². The fourth-order valence-corrected chi connectivity index (χ4v) is 5.24. The summed E-state index contributed by atoms with van der Waals surface area (Å²) in [6, 6.07) is 17.8. The normalized spacial score (nSPS) is 21.1. The van der Waals surface area contributed by atoms with Crippen LogP contribution < -0.4 is 5.32 Å². The highest BCUT2D eigenvalue weighted by Crippen LogP contribution is 2.34. The highest BCUT2D eigenvalue weighted by molar-refractivity contribution is 6.00. The summed E-state index contributed by atoms with van der Waals surface area (Å²) in [5, 5.41) is 3.29. The van der Waals surface area contributed by atoms with E-state index in [2.05, 4.69) is 17.4 Å². The Morgan fingerprint density at radius 1 is 1.03 bits per heavy atom. The molecule has 1 atom stereocenters. The summed E-state index contributed by atoms with van der Waals surface area (Å²) in [6.45, 7) is 2.78. The first-order valence-corrected chi connectivity index (χ1v) is 12.0. The molecule has 6 heteroatoms. The first kappa shape index (κ1) is 21.6. The van der Waals surface area contributed by atoms with Crippen LogP contribution in [0.4, 0.5) is 0 Å². The number of carbonyl (C=O) groups excluding carboxylic acids is 2. The molecule has 1 saturated carbocycles. The first-order chi connectivity index (χ1) is 16.1. The van der Waals surface area contributed by atoms with Gasteiger partial charge in [-0.1, -0.05) is 49.6 Å². The standard InChI is InChI=1S/C27H31N3O3/c1-27(26(32)28-21-11-6-3-7-12-21)19-29-22(24-13-8-18-33-24)14-15-23(29)25(31)30(27)17-16-20-9-4-2-5-10-20/h2,4-5,8-10,13-15,18,21H,3,6-7,11-12,16-17,19H2,1H3,(H,28,32)/t27-/m1/s1. The van der Waals surface area contributed by atoms with E-state index in [4.69, 9.17) is 4.42 Å². The maximum atomic E-state index is 13.7. The fraction of sp³-hybridized carbons (Fsp3) is 0.407. The van der Waals surface area contributed by atoms with E-state index in [1.54, 1.807) is 11.2 Å². The van der Waals surface area contributed by atoms with E-state index in [-0.39, 0.29) is 17.9 Å². The molecule has 1 fully saturated rings. The highest BCUT2D eigenvalue weighted by Gasteiger charge is 2.48. The molecule has 0 saturated heterocycles. The molecule has 6 nitrogen and oxygen atoms in total. The monoisotopic (exact) mass is 445 g/mol. The van der Waals surface area contributed by atoms with Gasteiger partial charge in [0.1, 0.15) is 17.0 Å². The lowest BCUT2D eigenvalue weighted by atomic mass is 9.91. The third kappa shape index (κ3) is 4.10. The number of nitrogens with one attached hydrogen (secondary N) is 1. The molecule has 172 valence electrons. The van der Waals surface area contributed by atoms with Crippen molar-refractivity contribution in [2.75, 3.05) is 6.54 Å². The van der Waals surface area contributed by atoms with Crippen LogP contribution in [0.1, 0.15) is 55.1 Å². The second kappa shape index (κ2) is 8.93. The number of hydrogen-bond donors (Lipinski definition) is 1. The minimum absolute atomic E-state index is 0.0689. The molecule has 0 radical (unpaired) electrons. The van der Waals surface area contributed by atoms with Crippen molar-refractivity contribution in [3.8, 4) is 11.5 Å². The van der Waals surface area contributed by atoms with Gasteiger partial charge in [0, 0.05) is 12.6 Å². The predicted octanol–water partition coefficient (Wildman–Crippen LogP) is 4.65. The molecular weight excluding hydrogens is 414 g/mol. The molecule has 1 aliphatic heterocycles. The van der Waals surface area contributed by atoms with Gasteiger partial charge in [0.15, 0.2) is 0 Å². The number of rotatable bonds is 6. The Bertz CT molecular complexity index is 1110. The van der Waals surface area contributed by atoms with E-state index in [0.29, 0.717) is 31.0 Å². The molecule has 0 unspecified atom stereocenters. The third-order valence-corrected chi connectivity index (χ3v) is 7.18. The Hall–Kier alpha value is -3.28. The maximum Gasteiger partial charge on any atom is 0.271 e. The summed E-state index contributed by atoms with van der Waals surface area (Å²) in [5.41, 5.74) is 1.58. The number of benzene rings is 1. The average molecular weight is 446 g/mol. The van der Waals surface area contributed by atoms with Gasteiger partial charge in [-0.3, -0.25) is 9.59 Å². The van der Waals surface area contributed by atoms with Gasteiger partial charge in [-0.2, -0.15) is 0 Å². The van der Waals surface area contributed by atoms with Gasteiger partial charge in [0.05, 0.1) is 18.5 Å². The molecule has 3 aromatic rings. The Labute approximate surface area is 194 Å². The predicted molar refractivity (Wildman–Crippen MR) is 127 cm³/mol. The Balaban J connectivity index is 1.47. The Kier molecular flexibility index (Phi) is 5.83. The zero-order valence-electron chi connectivity index (χ0n) is 19.1. The number of carbonyl (C=O) groups is 2. The van der Waals surface area contributed by atoms with Gasteiger partial charge in [-0.05, 0) is 56.0 Å². The summed E-state index contributed by atoms with van der Waals surface area (Å²) in [5.74, 6) is 0.513. The number of nitrogens with zero attached hydrogens (tertiary/aromatic N) is 2. The van der Waals surface area contributed by atoms with Crippen molar-refractivity contribution in [3.05, 3.63) is 72.1 Å². The summed E-state index contributed by atoms with van der Waals surface area (Å²) in [7, 11) is 0. The van der Waals surface area contributed by atoms with E-state index in [1.807, 2.05) is 54.0 Å². The summed E-state index contributed by atoms with van der Waals surface area (Å²) in [6.07, 6.45) is 7.85. The van der Waals surface area contributed by atoms with Crippen molar-refractivity contribution in [1.29, 1.82) is 0 Å². The zero-order valence-corrected chi connectivity index (χ0v) is 19.1. The average Bonchev–Trinajstić information content (AvgIpc) is 3.50. The minimum atomic E-state index is -0.989. The maximum absolute atomic E-state index is 13.7. The van der Waals surface area contributed by atoms with Crippen LogP contribution in [0.3, 0.4) is 0 Å². The van der Waals surface area contributed by atoms with Crippen LogP contribution in [-0.4, -0.2) is 39.4 Å². The van der Waals surface area contributed by atoms with Crippen LogP contribution in [0.25, 0.3) is 11.5 Å². The molecule has 3 heterocycles. The molecule has 1 aliphatic carbocycles. The van der Waals surface area contributed by atoms with E-state index >= 15 is 0 Å². The summed E-state index contributed by atoms with van der Waals surface area (Å²) >= 11 is 0. The van der Waals surface area contributed by atoms with Crippen molar-refractivity contribution in [2.24, 2.45) is 0 Å². The minimum Gasteiger partial charge on any atom is -0.463 e. The fourth-order valence-electron chi connectivity index (χ4n) is 5.24. The molecule has 0 bridgehead atoms. The molecule has 1 N–H and O–H groups in total. The highest BCUT2D eigenvalue weighted by atomic mass is 16.3. The molecule has 5 rings (SSSR count). The van der Waals surface area contributed by atoms with Crippen molar-refractivity contribution in [3.63, 3.8) is 0 Å². The van der Waals surface area contributed by atoms with Crippen molar-refractivity contribution in [2.45, 2.75) is 63.6 Å². The van der Waals surface area contributed by atoms with Gasteiger partial charge >= 0.3 is 0 Å². The molecule has 2 aromatic heterocycles. The number of hydrogen-bond acceptors (Lipinski definition) is 3. The molecule has 2 aliphatic rings. The lowest BCUT2D eigenvalue weighted by Gasteiger charge is -2.45. The van der Waals surface area contributed by atoms with E-state index in [0.717, 1.165) is 36.9 Å². The molecule has 0 spiro atoms. The zero-order chi connectivity index (χ0) is 22.8. The van der Waals surface area contributed by atoms with Gasteiger partial charge in [-0.15, -0.1) is 0 Å². The number of fused-ring (bicyclic) bond motifs is 1. The second-order valence-electron chi connectivity index (χ2n) is 9.44. The largest absolute Gasteiger partial charge is 0.463 e. The molecule has 1 aromatic carbocycles. The topological polar surface area (TPSA) is 67.5 Å². The molecule has 2 amide bonds. The Morgan fingerprint density at radius 2 is 1.79 bits per heavy atom. The summed E-state index contributed by atoms with van der Waals surface area (Å²) in [4.78, 5) is 29.2. The van der Waals surface area contributed by atoms with Crippen LogP contribution >= 0.6 is 0 Å². The quantitative estimate of drug-likeness (QED) is 0.600. The van der Waals surface area contributed by atoms with Crippen molar-refractivity contribution in [1.82, 2.24) is 14.8 Å². The van der Waals surface area contributed by atoms with Crippen molar-refractivity contribution >= 4 is 11.8 Å². The third-order valence-electron chi connectivity index (χ3n) is 7.18. The smallest absolute Gasteiger partial charge is 0.271 e. The Morgan fingerprint density at radius 3 is 2.52 bits per heavy atom. The molecule has 33 heavy (non-hydrogen) atoms. The van der Waals surface area contributed by atoms with Crippen LogP contribution in [-0.2, 0) is 17.8 Å². The number of furan rings is 1. The number of amides is 2. The van der Waals surface area contributed by atoms with E-state index in [1.165, 1.54) is 6.42 Å². The van der Waals surface area contributed by atoms with Crippen LogP contribution in [0.15, 0.2) is 65.3 Å². The SMILES string of the molecule is C[C@]1(C(=O)NC2CCCCC2)Cn2c(ccc2-c2ccco2)C(=O)N1CCc1ccccc1.